The molecule has 0 spiro atoms. The van der Waals surface area contributed by atoms with Crippen LogP contribution in [-0.2, 0) is 91.8 Å². The highest BCUT2D eigenvalue weighted by atomic mass is 16.7. The lowest BCUT2D eigenvalue weighted by molar-refractivity contribution is -0.337. The van der Waals surface area contributed by atoms with Crippen LogP contribution < -0.4 is 10.6 Å². The minimum Gasteiger partial charge on any atom is -0.457 e. The zero-order valence-corrected chi connectivity index (χ0v) is 41.0. The van der Waals surface area contributed by atoms with E-state index in [1.165, 1.54) is 6.92 Å². The van der Waals surface area contributed by atoms with Gasteiger partial charge in [0.15, 0.2) is 18.7 Å². The van der Waals surface area contributed by atoms with Gasteiger partial charge in [0.1, 0.15) is 55.8 Å². The molecule has 0 aliphatic carbocycles. The molecular weight excluding hydrogens is 949 g/mol. The Morgan fingerprint density at radius 2 is 0.797 bits per heavy atom. The monoisotopic (exact) mass is 1010 g/mol. The van der Waals surface area contributed by atoms with Gasteiger partial charge in [-0.3, -0.25) is 4.79 Å². The molecule has 0 unspecified atom stereocenters. The van der Waals surface area contributed by atoms with Crippen molar-refractivity contribution in [3.05, 3.63) is 215 Å². The quantitative estimate of drug-likeness (QED) is 0.0415. The number of aliphatic hydroxyl groups excluding tert-OH is 1. The number of carbonyl (C=O) groups excluding carboxylic acids is 3. The highest BCUT2D eigenvalue weighted by Gasteiger charge is 2.55. The smallest absolute Gasteiger partial charge is 0.407 e. The number of benzene rings is 6. The normalized spacial score (nSPS) is 23.5. The van der Waals surface area contributed by atoms with Gasteiger partial charge < -0.3 is 63.1 Å². The van der Waals surface area contributed by atoms with E-state index in [0.29, 0.717) is 0 Å². The number of rotatable bonds is 23. The summed E-state index contributed by atoms with van der Waals surface area (Å²) in [5.74, 6) is -0.641. The van der Waals surface area contributed by atoms with E-state index in [1.54, 1.807) is 0 Å². The number of esters is 1. The van der Waals surface area contributed by atoms with Gasteiger partial charge in [-0.25, -0.2) is 9.59 Å². The van der Waals surface area contributed by atoms with Crippen LogP contribution in [0.15, 0.2) is 182 Å². The molecule has 10 atom stereocenters. The van der Waals surface area contributed by atoms with Crippen LogP contribution >= 0.6 is 0 Å². The number of hydrogen-bond donors (Lipinski definition) is 3. The molecule has 2 saturated heterocycles. The fourth-order valence-electron chi connectivity index (χ4n) is 8.63. The maximum Gasteiger partial charge on any atom is 0.407 e. The van der Waals surface area contributed by atoms with E-state index in [4.69, 9.17) is 47.4 Å². The van der Waals surface area contributed by atoms with E-state index in [2.05, 4.69) is 10.6 Å². The van der Waals surface area contributed by atoms with Gasteiger partial charge >= 0.3 is 18.2 Å². The first-order valence-electron chi connectivity index (χ1n) is 24.6. The second-order valence-corrected chi connectivity index (χ2v) is 17.8. The van der Waals surface area contributed by atoms with Crippen molar-refractivity contribution in [2.24, 2.45) is 0 Å². The number of aliphatic hydroxyl groups is 1. The van der Waals surface area contributed by atoms with Crippen molar-refractivity contribution in [2.75, 3.05) is 13.2 Å². The third kappa shape index (κ3) is 16.0. The summed E-state index contributed by atoms with van der Waals surface area (Å²) in [6, 6.07) is 53.4. The Morgan fingerprint density at radius 1 is 0.446 bits per heavy atom. The number of ether oxygens (including phenoxy) is 10. The third-order valence-corrected chi connectivity index (χ3v) is 12.3. The van der Waals surface area contributed by atoms with Crippen LogP contribution in [0.1, 0.15) is 40.3 Å². The number of carbonyl (C=O) groups is 3. The fourth-order valence-corrected chi connectivity index (χ4v) is 8.63. The van der Waals surface area contributed by atoms with E-state index < -0.39 is 79.4 Å². The molecule has 6 aromatic carbocycles. The van der Waals surface area contributed by atoms with Crippen LogP contribution in [0.25, 0.3) is 0 Å². The van der Waals surface area contributed by atoms with Crippen LogP contribution in [-0.4, -0.2) is 97.8 Å². The Hall–Kier alpha value is -6.99. The average Bonchev–Trinajstić information content (AvgIpc) is 3.43. The highest BCUT2D eigenvalue weighted by molar-refractivity contribution is 5.68. The molecule has 3 N–H and O–H groups in total. The molecule has 74 heavy (non-hydrogen) atoms. The van der Waals surface area contributed by atoms with Gasteiger partial charge in [-0.2, -0.15) is 0 Å². The lowest BCUT2D eigenvalue weighted by atomic mass is 9.94. The predicted molar refractivity (Wildman–Crippen MR) is 269 cm³/mol. The van der Waals surface area contributed by atoms with E-state index in [1.807, 2.05) is 182 Å². The molecule has 2 heterocycles. The molecular formula is C58H62N2O14. The van der Waals surface area contributed by atoms with Crippen molar-refractivity contribution < 1.29 is 66.9 Å². The first kappa shape index (κ1) is 53.3. The van der Waals surface area contributed by atoms with Gasteiger partial charge in [-0.1, -0.05) is 182 Å². The molecule has 0 saturated carbocycles. The predicted octanol–water partition coefficient (Wildman–Crippen LogP) is 7.94. The average molecular weight is 1010 g/mol. The third-order valence-electron chi connectivity index (χ3n) is 12.3. The molecule has 388 valence electrons. The van der Waals surface area contributed by atoms with Gasteiger partial charge in [-0.05, 0) is 33.4 Å². The minimum absolute atomic E-state index is 0.000769. The minimum atomic E-state index is -1.67. The van der Waals surface area contributed by atoms with Crippen molar-refractivity contribution in [1.29, 1.82) is 0 Å². The molecule has 2 aliphatic rings. The molecule has 16 heteroatoms. The van der Waals surface area contributed by atoms with Gasteiger partial charge in [0.2, 0.25) is 0 Å². The van der Waals surface area contributed by atoms with E-state index in [-0.39, 0.29) is 52.9 Å². The molecule has 0 radical (unpaired) electrons. The molecule has 2 fully saturated rings. The first-order chi connectivity index (χ1) is 36.3. The molecule has 6 aromatic rings. The molecule has 16 nitrogen and oxygen atoms in total. The summed E-state index contributed by atoms with van der Waals surface area (Å²) in [6.45, 7) is 1.22. The van der Waals surface area contributed by atoms with E-state index >= 15 is 0 Å². The lowest BCUT2D eigenvalue weighted by Crippen LogP contribution is -2.70. The van der Waals surface area contributed by atoms with Crippen LogP contribution in [0.4, 0.5) is 9.59 Å². The topological polar surface area (TPSA) is 188 Å². The van der Waals surface area contributed by atoms with Crippen LogP contribution in [0, 0.1) is 0 Å². The maximum atomic E-state index is 14.1. The van der Waals surface area contributed by atoms with E-state index in [0.717, 1.165) is 33.4 Å². The van der Waals surface area contributed by atoms with Crippen LogP contribution in [0.2, 0.25) is 0 Å². The second-order valence-electron chi connectivity index (χ2n) is 17.8. The Bertz CT molecular complexity index is 2590. The number of hydrogen-bond acceptors (Lipinski definition) is 14. The van der Waals surface area contributed by atoms with Gasteiger partial charge in [-0.15, -0.1) is 0 Å². The van der Waals surface area contributed by atoms with Crippen molar-refractivity contribution >= 4 is 18.2 Å². The molecule has 2 aliphatic heterocycles. The summed E-state index contributed by atoms with van der Waals surface area (Å²) >= 11 is 0. The summed E-state index contributed by atoms with van der Waals surface area (Å²) in [5, 5.41) is 17.6. The molecule has 8 rings (SSSR count). The van der Waals surface area contributed by atoms with E-state index in [9.17, 15) is 19.5 Å². The van der Waals surface area contributed by atoms with Gasteiger partial charge in [0.25, 0.3) is 0 Å². The summed E-state index contributed by atoms with van der Waals surface area (Å²) in [7, 11) is 0. The van der Waals surface area contributed by atoms with Crippen molar-refractivity contribution in [1.82, 2.24) is 10.6 Å². The summed E-state index contributed by atoms with van der Waals surface area (Å²) in [5.41, 5.74) is 4.79. The molecule has 0 bridgehead atoms. The maximum absolute atomic E-state index is 14.1. The Labute approximate surface area is 430 Å². The lowest BCUT2D eigenvalue weighted by Gasteiger charge is -2.49. The summed E-state index contributed by atoms with van der Waals surface area (Å²) in [4.78, 5) is 40.9. The Morgan fingerprint density at radius 3 is 1.20 bits per heavy atom. The fraction of sp³-hybridized carbons (Fsp3) is 0.328. The molecule has 2 amide bonds. The second kappa shape index (κ2) is 27.9. The van der Waals surface area contributed by atoms with Crippen molar-refractivity contribution in [2.45, 2.75) is 108 Å². The van der Waals surface area contributed by atoms with Crippen LogP contribution in [0.3, 0.4) is 0 Å². The van der Waals surface area contributed by atoms with Crippen LogP contribution in [0.5, 0.6) is 0 Å². The number of amides is 2. The Kier molecular flexibility index (Phi) is 20.1. The zero-order chi connectivity index (χ0) is 51.3. The van der Waals surface area contributed by atoms with Crippen molar-refractivity contribution in [3.63, 3.8) is 0 Å². The SMILES string of the molecule is CC(=O)O[C@H]1[C@H](OCc2ccccc2)[C@@H](NC(=O)OCc2ccccc2)[C@H](O[C@H]2[C@H](OCc3ccccc3)[C@@H](NC(=O)OCc3ccccc3)[C@H](O)O[C@@H]2COCc2ccccc2)O[C@@H]1COCc1ccccc1. The number of alkyl carbamates (subject to hydrolysis) is 2. The standard InChI is InChI=1S/C58H62N2O14/c1-40(61)71-51-48(39-66-33-42-22-10-3-11-23-42)73-56(50(54(51)68-35-44-26-14-5-15-27-44)60-58(64)70-37-46-30-18-7-19-31-46)74-52-47(38-65-32-41-20-8-2-9-21-41)72-55(62)49(53(52)67-34-43-24-12-4-13-25-43)59-57(63)69-36-45-28-16-6-17-29-45/h2-31,47-56,62H,32-39H2,1H3,(H,59,63)(H,60,64)/t47-,48-,49-,50-,51-,52-,53-,54-,55-,56+/m1/s1. The Balaban J connectivity index is 1.17. The molecule has 0 aromatic heterocycles. The van der Waals surface area contributed by atoms with Gasteiger partial charge in [0, 0.05) is 6.92 Å². The summed E-state index contributed by atoms with van der Waals surface area (Å²) in [6.07, 6.45) is -11.9. The first-order valence-corrected chi connectivity index (χ1v) is 24.6. The van der Waals surface area contributed by atoms with Gasteiger partial charge in [0.05, 0.1) is 39.6 Å². The number of nitrogens with one attached hydrogen (secondary N) is 2. The summed E-state index contributed by atoms with van der Waals surface area (Å²) < 4.78 is 63.9. The highest BCUT2D eigenvalue weighted by Crippen LogP contribution is 2.34. The van der Waals surface area contributed by atoms with Crippen molar-refractivity contribution in [3.8, 4) is 0 Å². The largest absolute Gasteiger partial charge is 0.457 e. The zero-order valence-electron chi connectivity index (χ0n) is 41.0.